The molecule has 1 aromatic heterocycles. The van der Waals surface area contributed by atoms with Gasteiger partial charge in [0.05, 0.1) is 18.2 Å². The predicted molar refractivity (Wildman–Crippen MR) is 87.5 cm³/mol. The van der Waals surface area contributed by atoms with Crippen molar-refractivity contribution in [2.24, 2.45) is 0 Å². The molecular formula is C17H17N5O2. The van der Waals surface area contributed by atoms with E-state index in [1.165, 1.54) is 0 Å². The fourth-order valence-electron chi connectivity index (χ4n) is 2.43. The number of phenols is 1. The molecule has 0 saturated heterocycles. The number of carbonyl (C=O) groups is 1. The normalized spacial score (nSPS) is 11.9. The largest absolute Gasteiger partial charge is 0.508 e. The van der Waals surface area contributed by atoms with Crippen molar-refractivity contribution in [3.63, 3.8) is 0 Å². The molecule has 0 fully saturated rings. The average Bonchev–Trinajstić information content (AvgIpc) is 3.05. The highest BCUT2D eigenvalue weighted by atomic mass is 16.3. The van der Waals surface area contributed by atoms with Crippen LogP contribution in [0.1, 0.15) is 24.4 Å². The molecule has 1 atom stereocenters. The van der Waals surface area contributed by atoms with Gasteiger partial charge in [0.25, 0.3) is 0 Å². The molecule has 3 rings (SSSR count). The number of benzene rings is 2. The SMILES string of the molecule is CC(NC(=O)Cc1cccc(O)c1)c1nnnn1-c1ccccc1. The van der Waals surface area contributed by atoms with Crippen LogP contribution in [0.4, 0.5) is 0 Å². The zero-order valence-corrected chi connectivity index (χ0v) is 13.1. The number of aromatic hydroxyl groups is 1. The minimum absolute atomic E-state index is 0.140. The minimum atomic E-state index is -0.356. The average molecular weight is 323 g/mol. The highest BCUT2D eigenvalue weighted by molar-refractivity contribution is 5.79. The topological polar surface area (TPSA) is 92.9 Å². The maximum Gasteiger partial charge on any atom is 0.225 e. The van der Waals surface area contributed by atoms with Gasteiger partial charge in [0.1, 0.15) is 5.75 Å². The van der Waals surface area contributed by atoms with Crippen molar-refractivity contribution in [1.29, 1.82) is 0 Å². The lowest BCUT2D eigenvalue weighted by atomic mass is 10.1. The van der Waals surface area contributed by atoms with E-state index in [1.807, 2.05) is 37.3 Å². The van der Waals surface area contributed by atoms with Gasteiger partial charge in [-0.3, -0.25) is 4.79 Å². The Morgan fingerprint density at radius 1 is 1.21 bits per heavy atom. The molecule has 0 spiro atoms. The van der Waals surface area contributed by atoms with Gasteiger partial charge in [-0.2, -0.15) is 4.68 Å². The van der Waals surface area contributed by atoms with E-state index in [-0.39, 0.29) is 24.1 Å². The number of nitrogens with zero attached hydrogens (tertiary/aromatic N) is 4. The van der Waals surface area contributed by atoms with Crippen LogP contribution >= 0.6 is 0 Å². The third-order valence-electron chi connectivity index (χ3n) is 3.53. The van der Waals surface area contributed by atoms with Crippen LogP contribution in [-0.2, 0) is 11.2 Å². The summed E-state index contributed by atoms with van der Waals surface area (Å²) in [7, 11) is 0. The summed E-state index contributed by atoms with van der Waals surface area (Å²) in [5, 5.41) is 24.0. The van der Waals surface area contributed by atoms with E-state index in [9.17, 15) is 9.90 Å². The molecule has 122 valence electrons. The number of amides is 1. The molecule has 0 saturated carbocycles. The molecule has 24 heavy (non-hydrogen) atoms. The minimum Gasteiger partial charge on any atom is -0.508 e. The Morgan fingerprint density at radius 3 is 2.75 bits per heavy atom. The van der Waals surface area contributed by atoms with E-state index < -0.39 is 0 Å². The third-order valence-corrected chi connectivity index (χ3v) is 3.53. The molecule has 2 N–H and O–H groups in total. The van der Waals surface area contributed by atoms with Crippen LogP contribution in [0.15, 0.2) is 54.6 Å². The summed E-state index contributed by atoms with van der Waals surface area (Å²) in [6.07, 6.45) is 0.172. The van der Waals surface area contributed by atoms with Gasteiger partial charge >= 0.3 is 0 Å². The number of tetrazole rings is 1. The number of para-hydroxylation sites is 1. The van der Waals surface area contributed by atoms with Crippen LogP contribution < -0.4 is 5.32 Å². The van der Waals surface area contributed by atoms with Crippen molar-refractivity contribution in [3.8, 4) is 11.4 Å². The Labute approximate surface area is 138 Å². The monoisotopic (exact) mass is 323 g/mol. The van der Waals surface area contributed by atoms with Gasteiger partial charge in [0, 0.05) is 0 Å². The molecule has 7 nitrogen and oxygen atoms in total. The molecule has 0 aliphatic carbocycles. The van der Waals surface area contributed by atoms with Gasteiger partial charge in [-0.05, 0) is 47.2 Å². The molecule has 7 heteroatoms. The first kappa shape index (κ1) is 15.7. The van der Waals surface area contributed by atoms with Gasteiger partial charge < -0.3 is 10.4 Å². The molecule has 2 aromatic carbocycles. The summed E-state index contributed by atoms with van der Waals surface area (Å²) < 4.78 is 1.60. The Bertz CT molecular complexity index is 832. The van der Waals surface area contributed by atoms with Gasteiger partial charge in [-0.25, -0.2) is 0 Å². The number of rotatable bonds is 5. The smallest absolute Gasteiger partial charge is 0.225 e. The Morgan fingerprint density at radius 2 is 2.00 bits per heavy atom. The van der Waals surface area contributed by atoms with Crippen LogP contribution in [-0.4, -0.2) is 31.2 Å². The second kappa shape index (κ2) is 6.91. The number of hydrogen-bond acceptors (Lipinski definition) is 5. The van der Waals surface area contributed by atoms with E-state index in [4.69, 9.17) is 0 Å². The molecule has 3 aromatic rings. The second-order valence-electron chi connectivity index (χ2n) is 5.42. The van der Waals surface area contributed by atoms with Crippen molar-refractivity contribution in [3.05, 3.63) is 66.0 Å². The van der Waals surface area contributed by atoms with Crippen molar-refractivity contribution < 1.29 is 9.90 Å². The van der Waals surface area contributed by atoms with E-state index in [0.717, 1.165) is 11.3 Å². The summed E-state index contributed by atoms with van der Waals surface area (Å²) in [6.45, 7) is 1.82. The zero-order valence-electron chi connectivity index (χ0n) is 13.1. The first-order valence-electron chi connectivity index (χ1n) is 7.54. The van der Waals surface area contributed by atoms with Crippen LogP contribution in [0.5, 0.6) is 5.75 Å². The van der Waals surface area contributed by atoms with Gasteiger partial charge in [-0.15, -0.1) is 5.10 Å². The molecule has 1 amide bonds. The molecule has 1 heterocycles. The van der Waals surface area contributed by atoms with Gasteiger partial charge in [0.15, 0.2) is 5.82 Å². The third kappa shape index (κ3) is 3.57. The quantitative estimate of drug-likeness (QED) is 0.746. The number of carbonyl (C=O) groups excluding carboxylic acids is 1. The van der Waals surface area contributed by atoms with Crippen molar-refractivity contribution in [1.82, 2.24) is 25.5 Å². The van der Waals surface area contributed by atoms with Gasteiger partial charge in [0.2, 0.25) is 5.91 Å². The molecule has 0 aliphatic rings. The number of aromatic nitrogens is 4. The highest BCUT2D eigenvalue weighted by Gasteiger charge is 2.18. The fraction of sp³-hybridized carbons (Fsp3) is 0.176. The highest BCUT2D eigenvalue weighted by Crippen LogP contribution is 2.15. The summed E-state index contributed by atoms with van der Waals surface area (Å²) in [5.41, 5.74) is 1.56. The van der Waals surface area contributed by atoms with Crippen molar-refractivity contribution in [2.75, 3.05) is 0 Å². The summed E-state index contributed by atoms with van der Waals surface area (Å²) in [5.74, 6) is 0.516. The fourth-order valence-corrected chi connectivity index (χ4v) is 2.43. The number of phenolic OH excluding ortho intramolecular Hbond substituents is 1. The van der Waals surface area contributed by atoms with Crippen molar-refractivity contribution in [2.45, 2.75) is 19.4 Å². The zero-order chi connectivity index (χ0) is 16.9. The van der Waals surface area contributed by atoms with Crippen molar-refractivity contribution >= 4 is 5.91 Å². The lowest BCUT2D eigenvalue weighted by Crippen LogP contribution is -2.30. The number of nitrogens with one attached hydrogen (secondary N) is 1. The molecular weight excluding hydrogens is 306 g/mol. The van der Waals surface area contributed by atoms with Crippen LogP contribution in [0.2, 0.25) is 0 Å². The maximum atomic E-state index is 12.2. The summed E-state index contributed by atoms with van der Waals surface area (Å²) in [4.78, 5) is 12.2. The van der Waals surface area contributed by atoms with Crippen LogP contribution in [0.25, 0.3) is 5.69 Å². The van der Waals surface area contributed by atoms with Crippen LogP contribution in [0, 0.1) is 0 Å². The number of hydrogen-bond donors (Lipinski definition) is 2. The van der Waals surface area contributed by atoms with E-state index in [0.29, 0.717) is 5.82 Å². The second-order valence-corrected chi connectivity index (χ2v) is 5.42. The van der Waals surface area contributed by atoms with E-state index >= 15 is 0 Å². The predicted octanol–water partition coefficient (Wildman–Crippen LogP) is 1.79. The Kier molecular flexibility index (Phi) is 4.51. The first-order chi connectivity index (χ1) is 11.6. The molecule has 0 aliphatic heterocycles. The standard InChI is InChI=1S/C17H17N5O2/c1-12(18-16(24)11-13-6-5-9-15(23)10-13)17-19-20-21-22(17)14-7-3-2-4-8-14/h2-10,12,23H,11H2,1H3,(H,18,24). The van der Waals surface area contributed by atoms with Gasteiger partial charge in [-0.1, -0.05) is 30.3 Å². The lowest BCUT2D eigenvalue weighted by Gasteiger charge is -2.13. The Hall–Kier alpha value is -3.22. The Balaban J connectivity index is 1.70. The van der Waals surface area contributed by atoms with E-state index in [1.54, 1.807) is 28.9 Å². The molecule has 1 unspecified atom stereocenters. The summed E-state index contributed by atoms with van der Waals surface area (Å²) >= 11 is 0. The summed E-state index contributed by atoms with van der Waals surface area (Å²) in [6, 6.07) is 15.8. The van der Waals surface area contributed by atoms with E-state index in [2.05, 4.69) is 20.8 Å². The molecule has 0 bridgehead atoms. The first-order valence-corrected chi connectivity index (χ1v) is 7.54. The molecule has 0 radical (unpaired) electrons. The van der Waals surface area contributed by atoms with Crippen LogP contribution in [0.3, 0.4) is 0 Å². The lowest BCUT2D eigenvalue weighted by molar-refractivity contribution is -0.121. The maximum absolute atomic E-state index is 12.2.